The van der Waals surface area contributed by atoms with Gasteiger partial charge in [-0.15, -0.1) is 0 Å². The molecule has 19 heavy (non-hydrogen) atoms. The van der Waals surface area contributed by atoms with Gasteiger partial charge in [-0.05, 0) is 38.7 Å². The Morgan fingerprint density at radius 1 is 1.58 bits per heavy atom. The van der Waals surface area contributed by atoms with Crippen LogP contribution in [0.25, 0.3) is 0 Å². The minimum Gasteiger partial charge on any atom is -0.480 e. The Balaban J connectivity index is 2.00. The van der Waals surface area contributed by atoms with Gasteiger partial charge in [0.2, 0.25) is 5.88 Å². The van der Waals surface area contributed by atoms with E-state index in [1.165, 1.54) is 0 Å². The Kier molecular flexibility index (Phi) is 4.37. The molecule has 1 unspecified atom stereocenters. The lowest BCUT2D eigenvalue weighted by atomic mass is 10.1. The van der Waals surface area contributed by atoms with Crippen LogP contribution in [0.5, 0.6) is 5.88 Å². The lowest BCUT2D eigenvalue weighted by Gasteiger charge is -2.16. The summed E-state index contributed by atoms with van der Waals surface area (Å²) in [7, 11) is 0. The molecule has 1 atom stereocenters. The molecule has 1 saturated carbocycles. The predicted octanol–water partition coefficient (Wildman–Crippen LogP) is 1.82. The van der Waals surface area contributed by atoms with Crippen molar-refractivity contribution in [2.45, 2.75) is 45.4 Å². The summed E-state index contributed by atoms with van der Waals surface area (Å²) < 4.78 is 5.62. The summed E-state index contributed by atoms with van der Waals surface area (Å²) in [6, 6.07) is 3.27. The highest BCUT2D eigenvalue weighted by Gasteiger charge is 2.35. The van der Waals surface area contributed by atoms with E-state index in [1.807, 2.05) is 26.0 Å². The number of aromatic nitrogens is 1. The molecule has 0 radical (unpaired) electrons. The Morgan fingerprint density at radius 2 is 2.32 bits per heavy atom. The van der Waals surface area contributed by atoms with Crippen molar-refractivity contribution in [1.29, 1.82) is 0 Å². The van der Waals surface area contributed by atoms with Crippen LogP contribution in [-0.4, -0.2) is 28.2 Å². The number of pyridine rings is 1. The van der Waals surface area contributed by atoms with E-state index in [1.54, 1.807) is 6.20 Å². The summed E-state index contributed by atoms with van der Waals surface area (Å²) in [5, 5.41) is 12.3. The summed E-state index contributed by atoms with van der Waals surface area (Å²) in [5.74, 6) is 0.0614. The van der Waals surface area contributed by atoms with Crippen molar-refractivity contribution in [1.82, 2.24) is 10.3 Å². The van der Waals surface area contributed by atoms with Crippen molar-refractivity contribution in [3.63, 3.8) is 0 Å². The topological polar surface area (TPSA) is 71.5 Å². The molecule has 0 spiro atoms. The first-order valence-electron chi connectivity index (χ1n) is 6.64. The number of carboxylic acid groups (broad SMARTS) is 1. The van der Waals surface area contributed by atoms with Crippen LogP contribution < -0.4 is 10.1 Å². The summed E-state index contributed by atoms with van der Waals surface area (Å²) in [6.07, 6.45) is 3.71. The van der Waals surface area contributed by atoms with Crippen LogP contribution >= 0.6 is 0 Å². The SMILES string of the molecule is CC(C)Oc1ncccc1CNC(C(=O)O)C1CC1. The number of hydrogen-bond donors (Lipinski definition) is 2. The largest absolute Gasteiger partial charge is 0.480 e. The molecular formula is C14H20N2O3. The fourth-order valence-electron chi connectivity index (χ4n) is 1.99. The van der Waals surface area contributed by atoms with E-state index in [9.17, 15) is 4.79 Å². The highest BCUT2D eigenvalue weighted by molar-refractivity contribution is 5.74. The third-order valence-electron chi connectivity index (χ3n) is 3.07. The molecule has 0 bridgehead atoms. The van der Waals surface area contributed by atoms with Gasteiger partial charge in [0.25, 0.3) is 0 Å². The number of carboxylic acids is 1. The van der Waals surface area contributed by atoms with Crippen LogP contribution in [0, 0.1) is 5.92 Å². The first kappa shape index (κ1) is 13.8. The number of nitrogens with zero attached hydrogens (tertiary/aromatic N) is 1. The zero-order valence-corrected chi connectivity index (χ0v) is 11.3. The first-order valence-corrected chi connectivity index (χ1v) is 6.64. The summed E-state index contributed by atoms with van der Waals surface area (Å²) >= 11 is 0. The van der Waals surface area contributed by atoms with Crippen LogP contribution in [0.15, 0.2) is 18.3 Å². The van der Waals surface area contributed by atoms with Gasteiger partial charge in [-0.1, -0.05) is 6.07 Å². The van der Waals surface area contributed by atoms with E-state index in [2.05, 4.69) is 10.3 Å². The van der Waals surface area contributed by atoms with E-state index in [0.29, 0.717) is 12.4 Å². The minimum atomic E-state index is -0.780. The Hall–Kier alpha value is -1.62. The lowest BCUT2D eigenvalue weighted by Crippen LogP contribution is -2.38. The van der Waals surface area contributed by atoms with Crippen molar-refractivity contribution in [3.8, 4) is 5.88 Å². The van der Waals surface area contributed by atoms with Crippen LogP contribution in [0.3, 0.4) is 0 Å². The molecule has 2 N–H and O–H groups in total. The Labute approximate surface area is 113 Å². The standard InChI is InChI=1S/C14H20N2O3/c1-9(2)19-13-11(4-3-7-15-13)8-16-12(14(17)18)10-5-6-10/h3-4,7,9-10,12,16H,5-6,8H2,1-2H3,(H,17,18). The van der Waals surface area contributed by atoms with Crippen molar-refractivity contribution < 1.29 is 14.6 Å². The highest BCUT2D eigenvalue weighted by Crippen LogP contribution is 2.33. The molecule has 1 aliphatic carbocycles. The van der Waals surface area contributed by atoms with Gasteiger partial charge in [0, 0.05) is 18.3 Å². The maximum absolute atomic E-state index is 11.2. The smallest absolute Gasteiger partial charge is 0.320 e. The number of rotatable bonds is 7. The summed E-state index contributed by atoms with van der Waals surface area (Å²) in [5.41, 5.74) is 0.892. The Morgan fingerprint density at radius 3 is 2.89 bits per heavy atom. The van der Waals surface area contributed by atoms with Crippen LogP contribution in [0.1, 0.15) is 32.3 Å². The normalized spacial score (nSPS) is 16.4. The molecule has 1 fully saturated rings. The molecule has 1 heterocycles. The molecule has 5 nitrogen and oxygen atoms in total. The second-order valence-electron chi connectivity index (χ2n) is 5.17. The van der Waals surface area contributed by atoms with Crippen LogP contribution in [0.2, 0.25) is 0 Å². The number of carbonyl (C=O) groups is 1. The molecule has 1 aromatic rings. The van der Waals surface area contributed by atoms with Gasteiger partial charge < -0.3 is 9.84 Å². The van der Waals surface area contributed by atoms with Gasteiger partial charge >= 0.3 is 5.97 Å². The second kappa shape index (κ2) is 6.02. The van der Waals surface area contributed by atoms with Gasteiger partial charge in [-0.3, -0.25) is 10.1 Å². The number of ether oxygens (including phenoxy) is 1. The van der Waals surface area contributed by atoms with Gasteiger partial charge in [0.15, 0.2) is 0 Å². The number of nitrogens with one attached hydrogen (secondary N) is 1. The number of hydrogen-bond acceptors (Lipinski definition) is 4. The molecule has 0 aromatic carbocycles. The van der Waals surface area contributed by atoms with E-state index < -0.39 is 12.0 Å². The predicted molar refractivity (Wildman–Crippen MR) is 71.0 cm³/mol. The molecule has 5 heteroatoms. The maximum Gasteiger partial charge on any atom is 0.320 e. The van der Waals surface area contributed by atoms with Crippen molar-refractivity contribution in [3.05, 3.63) is 23.9 Å². The van der Waals surface area contributed by atoms with Crippen LogP contribution in [0.4, 0.5) is 0 Å². The van der Waals surface area contributed by atoms with Crippen molar-refractivity contribution in [2.24, 2.45) is 5.92 Å². The van der Waals surface area contributed by atoms with E-state index in [-0.39, 0.29) is 12.0 Å². The average molecular weight is 264 g/mol. The fourth-order valence-corrected chi connectivity index (χ4v) is 1.99. The molecule has 1 aromatic heterocycles. The zero-order chi connectivity index (χ0) is 13.8. The monoisotopic (exact) mass is 264 g/mol. The lowest BCUT2D eigenvalue weighted by molar-refractivity contribution is -0.140. The summed E-state index contributed by atoms with van der Waals surface area (Å²) in [4.78, 5) is 15.3. The molecular weight excluding hydrogens is 244 g/mol. The van der Waals surface area contributed by atoms with E-state index in [0.717, 1.165) is 18.4 Å². The molecule has 0 amide bonds. The Bertz CT molecular complexity index is 444. The third kappa shape index (κ3) is 3.92. The average Bonchev–Trinajstić information content (AvgIpc) is 3.14. The van der Waals surface area contributed by atoms with Crippen molar-refractivity contribution >= 4 is 5.97 Å². The first-order chi connectivity index (χ1) is 9.08. The number of aliphatic carboxylic acids is 1. The highest BCUT2D eigenvalue weighted by atomic mass is 16.5. The van der Waals surface area contributed by atoms with Gasteiger partial charge in [-0.2, -0.15) is 0 Å². The zero-order valence-electron chi connectivity index (χ0n) is 11.3. The molecule has 1 aliphatic rings. The summed E-state index contributed by atoms with van der Waals surface area (Å²) in [6.45, 7) is 4.34. The van der Waals surface area contributed by atoms with Gasteiger partial charge in [0.05, 0.1) is 6.10 Å². The van der Waals surface area contributed by atoms with E-state index >= 15 is 0 Å². The van der Waals surface area contributed by atoms with Crippen molar-refractivity contribution in [2.75, 3.05) is 0 Å². The fraction of sp³-hybridized carbons (Fsp3) is 0.571. The van der Waals surface area contributed by atoms with Gasteiger partial charge in [-0.25, -0.2) is 4.98 Å². The van der Waals surface area contributed by atoms with Gasteiger partial charge in [0.1, 0.15) is 6.04 Å². The molecule has 0 aliphatic heterocycles. The minimum absolute atomic E-state index is 0.0485. The van der Waals surface area contributed by atoms with Crippen LogP contribution in [-0.2, 0) is 11.3 Å². The quantitative estimate of drug-likeness (QED) is 0.786. The molecule has 104 valence electrons. The second-order valence-corrected chi connectivity index (χ2v) is 5.17. The molecule has 0 saturated heterocycles. The van der Waals surface area contributed by atoms with E-state index in [4.69, 9.17) is 9.84 Å². The molecule has 2 rings (SSSR count). The maximum atomic E-state index is 11.2. The third-order valence-corrected chi connectivity index (χ3v) is 3.07.